The van der Waals surface area contributed by atoms with E-state index in [0.29, 0.717) is 0 Å². The Balaban J connectivity index is 2.15. The first-order valence-electron chi connectivity index (χ1n) is 3.38. The molecule has 0 unspecified atom stereocenters. The second kappa shape index (κ2) is 2.06. The lowest BCUT2D eigenvalue weighted by Crippen LogP contribution is -2.31. The van der Waals surface area contributed by atoms with Crippen LogP contribution in [0.5, 0.6) is 0 Å². The Labute approximate surface area is 50.7 Å². The Morgan fingerprint density at radius 3 is 2.00 bits per heavy atom. The molecule has 1 N–H and O–H groups in total. The smallest absolute Gasteiger partial charge is 0.0545 e. The van der Waals surface area contributed by atoms with Crippen LogP contribution >= 0.6 is 0 Å². The zero-order valence-electron chi connectivity index (χ0n) is 5.59. The van der Waals surface area contributed by atoms with Gasteiger partial charge in [0.1, 0.15) is 0 Å². The summed E-state index contributed by atoms with van der Waals surface area (Å²) in [6, 6.07) is 0. The molecular formula is C7H14O. The van der Waals surface area contributed by atoms with Gasteiger partial charge >= 0.3 is 0 Å². The third kappa shape index (κ3) is 1.03. The van der Waals surface area contributed by atoms with Gasteiger partial charge in [-0.05, 0) is 24.7 Å². The van der Waals surface area contributed by atoms with Crippen molar-refractivity contribution >= 4 is 0 Å². The highest BCUT2D eigenvalue weighted by atomic mass is 16.3. The van der Waals surface area contributed by atoms with Gasteiger partial charge in [-0.1, -0.05) is 13.8 Å². The summed E-state index contributed by atoms with van der Waals surface area (Å²) < 4.78 is 0. The van der Waals surface area contributed by atoms with Crippen molar-refractivity contribution in [2.24, 2.45) is 11.8 Å². The van der Waals surface area contributed by atoms with E-state index in [1.54, 1.807) is 0 Å². The van der Waals surface area contributed by atoms with Gasteiger partial charge in [0.15, 0.2) is 0 Å². The van der Waals surface area contributed by atoms with E-state index in [0.717, 1.165) is 24.7 Å². The molecule has 0 radical (unpaired) electrons. The maximum absolute atomic E-state index is 8.87. The number of hydrogen-bond acceptors (Lipinski definition) is 1. The molecule has 0 bridgehead atoms. The van der Waals surface area contributed by atoms with E-state index in [1.807, 2.05) is 0 Å². The highest BCUT2D eigenvalue weighted by molar-refractivity contribution is 4.80. The molecule has 1 aliphatic carbocycles. The van der Waals surface area contributed by atoms with Gasteiger partial charge in [-0.3, -0.25) is 0 Å². The summed E-state index contributed by atoms with van der Waals surface area (Å²) in [6.07, 6.45) is 2.11. The minimum absolute atomic E-state index is 0.0300. The first kappa shape index (κ1) is 6.09. The Morgan fingerprint density at radius 1 is 1.38 bits per heavy atom. The molecule has 1 saturated carbocycles. The van der Waals surface area contributed by atoms with Gasteiger partial charge in [0, 0.05) is 0 Å². The van der Waals surface area contributed by atoms with Crippen LogP contribution in [0, 0.1) is 11.8 Å². The highest BCUT2D eigenvalue weighted by Crippen LogP contribution is 2.32. The van der Waals surface area contributed by atoms with Crippen molar-refractivity contribution < 1.29 is 5.11 Å². The lowest BCUT2D eigenvalue weighted by Gasteiger charge is -2.34. The van der Waals surface area contributed by atoms with Crippen LogP contribution in [-0.4, -0.2) is 11.2 Å². The number of aliphatic hydroxyl groups is 1. The summed E-state index contributed by atoms with van der Waals surface area (Å²) in [4.78, 5) is 0. The Kier molecular flexibility index (Phi) is 1.57. The summed E-state index contributed by atoms with van der Waals surface area (Å²) in [5.41, 5.74) is 0. The van der Waals surface area contributed by atoms with Crippen LogP contribution in [0.4, 0.5) is 0 Å². The van der Waals surface area contributed by atoms with Gasteiger partial charge in [0.25, 0.3) is 0 Å². The Bertz CT molecular complexity index is 72.5. The molecule has 0 aromatic carbocycles. The second-order valence-electron chi connectivity index (χ2n) is 3.13. The van der Waals surface area contributed by atoms with Gasteiger partial charge in [-0.25, -0.2) is 0 Å². The molecule has 0 aromatic heterocycles. The summed E-state index contributed by atoms with van der Waals surface area (Å²) in [7, 11) is 0. The van der Waals surface area contributed by atoms with Crippen LogP contribution in [0.2, 0.25) is 0 Å². The van der Waals surface area contributed by atoms with E-state index in [4.69, 9.17) is 5.11 Å². The Morgan fingerprint density at radius 2 is 1.88 bits per heavy atom. The molecule has 0 heterocycles. The molecule has 0 aromatic rings. The molecule has 1 fully saturated rings. The minimum atomic E-state index is 0.0300. The largest absolute Gasteiger partial charge is 0.393 e. The van der Waals surface area contributed by atoms with Crippen LogP contribution in [-0.2, 0) is 0 Å². The van der Waals surface area contributed by atoms with Crippen LogP contribution in [0.3, 0.4) is 0 Å². The molecule has 1 aliphatic rings. The SMILES string of the molecule is CC(C)[C@H]1C[C@@H](O)C1. The lowest BCUT2D eigenvalue weighted by molar-refractivity contribution is 0.0218. The first-order chi connectivity index (χ1) is 3.70. The first-order valence-corrected chi connectivity index (χ1v) is 3.38. The van der Waals surface area contributed by atoms with Crippen molar-refractivity contribution in [2.75, 3.05) is 0 Å². The topological polar surface area (TPSA) is 20.2 Å². The van der Waals surface area contributed by atoms with Crippen LogP contribution in [0.15, 0.2) is 0 Å². The third-order valence-electron chi connectivity index (χ3n) is 2.09. The fourth-order valence-corrected chi connectivity index (χ4v) is 1.17. The van der Waals surface area contributed by atoms with Crippen LogP contribution in [0.25, 0.3) is 0 Å². The molecule has 0 atom stereocenters. The molecule has 48 valence electrons. The predicted octanol–water partition coefficient (Wildman–Crippen LogP) is 1.41. The maximum Gasteiger partial charge on any atom is 0.0545 e. The van der Waals surface area contributed by atoms with Crippen molar-refractivity contribution in [2.45, 2.75) is 32.8 Å². The van der Waals surface area contributed by atoms with Crippen molar-refractivity contribution in [3.05, 3.63) is 0 Å². The average molecular weight is 114 g/mol. The third-order valence-corrected chi connectivity index (χ3v) is 2.09. The van der Waals surface area contributed by atoms with Crippen LogP contribution in [0.1, 0.15) is 26.7 Å². The van der Waals surface area contributed by atoms with Gasteiger partial charge in [0.2, 0.25) is 0 Å². The van der Waals surface area contributed by atoms with E-state index >= 15 is 0 Å². The fraction of sp³-hybridized carbons (Fsp3) is 1.00. The predicted molar refractivity (Wildman–Crippen MR) is 33.6 cm³/mol. The molecule has 0 spiro atoms. The standard InChI is InChI=1S/C7H14O/c1-5(2)6-3-7(8)4-6/h5-8H,3-4H2,1-2H3/t6-,7+. The summed E-state index contributed by atoms with van der Waals surface area (Å²) in [5, 5.41) is 8.87. The molecule has 0 aliphatic heterocycles. The maximum atomic E-state index is 8.87. The number of hydrogen-bond donors (Lipinski definition) is 1. The number of aliphatic hydroxyl groups excluding tert-OH is 1. The van der Waals surface area contributed by atoms with Gasteiger partial charge in [-0.2, -0.15) is 0 Å². The average Bonchev–Trinajstić information content (AvgIpc) is 1.57. The second-order valence-corrected chi connectivity index (χ2v) is 3.13. The molecule has 8 heavy (non-hydrogen) atoms. The molecule has 1 heteroatoms. The highest BCUT2D eigenvalue weighted by Gasteiger charge is 2.28. The molecule has 1 rings (SSSR count). The summed E-state index contributed by atoms with van der Waals surface area (Å²) in [5.74, 6) is 1.59. The van der Waals surface area contributed by atoms with Gasteiger partial charge in [-0.15, -0.1) is 0 Å². The zero-order valence-corrected chi connectivity index (χ0v) is 5.59. The van der Waals surface area contributed by atoms with Crippen molar-refractivity contribution in [3.8, 4) is 0 Å². The molecule has 0 amide bonds. The molecule has 0 saturated heterocycles. The van der Waals surface area contributed by atoms with E-state index in [-0.39, 0.29) is 6.10 Å². The van der Waals surface area contributed by atoms with Crippen molar-refractivity contribution in [1.29, 1.82) is 0 Å². The molecule has 1 nitrogen and oxygen atoms in total. The van der Waals surface area contributed by atoms with Crippen LogP contribution < -0.4 is 0 Å². The molecular weight excluding hydrogens is 100 g/mol. The van der Waals surface area contributed by atoms with Crippen molar-refractivity contribution in [3.63, 3.8) is 0 Å². The Hall–Kier alpha value is -0.0400. The van der Waals surface area contributed by atoms with E-state index in [9.17, 15) is 0 Å². The quantitative estimate of drug-likeness (QED) is 0.546. The summed E-state index contributed by atoms with van der Waals surface area (Å²) >= 11 is 0. The van der Waals surface area contributed by atoms with Crippen molar-refractivity contribution in [1.82, 2.24) is 0 Å². The normalized spacial score (nSPS) is 37.5. The van der Waals surface area contributed by atoms with Gasteiger partial charge < -0.3 is 5.11 Å². The zero-order chi connectivity index (χ0) is 6.15. The van der Waals surface area contributed by atoms with E-state index < -0.39 is 0 Å². The summed E-state index contributed by atoms with van der Waals surface area (Å²) in [6.45, 7) is 4.44. The van der Waals surface area contributed by atoms with E-state index in [1.165, 1.54) is 0 Å². The van der Waals surface area contributed by atoms with Gasteiger partial charge in [0.05, 0.1) is 6.10 Å². The monoisotopic (exact) mass is 114 g/mol. The fourth-order valence-electron chi connectivity index (χ4n) is 1.17. The number of rotatable bonds is 1. The minimum Gasteiger partial charge on any atom is -0.393 e. The van der Waals surface area contributed by atoms with E-state index in [2.05, 4.69) is 13.8 Å². The lowest BCUT2D eigenvalue weighted by atomic mass is 9.75.